The van der Waals surface area contributed by atoms with Gasteiger partial charge in [-0.2, -0.15) is 4.98 Å². The summed E-state index contributed by atoms with van der Waals surface area (Å²) in [7, 11) is 0. The van der Waals surface area contributed by atoms with Gasteiger partial charge in [-0.25, -0.2) is 9.36 Å². The predicted molar refractivity (Wildman–Crippen MR) is 94.2 cm³/mol. The van der Waals surface area contributed by atoms with Gasteiger partial charge in [-0.3, -0.25) is 4.79 Å². The number of fused-ring (bicyclic) bond motifs is 3. The Morgan fingerprint density at radius 2 is 2.00 bits per heavy atom. The van der Waals surface area contributed by atoms with Gasteiger partial charge in [-0.1, -0.05) is 29.5 Å². The second kappa shape index (κ2) is 5.90. The fraction of sp³-hybridized carbons (Fsp3) is 0.353. The number of carbonyl (C=O) groups is 1. The van der Waals surface area contributed by atoms with Crippen LogP contribution in [0.4, 0.5) is 4.79 Å². The smallest absolute Gasteiger partial charge is 0.420 e. The molecule has 24 heavy (non-hydrogen) atoms. The molecular formula is C17H18N2O4S. The summed E-state index contributed by atoms with van der Waals surface area (Å²) in [6.45, 7) is 7.60. The van der Waals surface area contributed by atoms with E-state index in [9.17, 15) is 9.59 Å². The molecule has 0 saturated carbocycles. The van der Waals surface area contributed by atoms with E-state index < -0.39 is 17.3 Å². The topological polar surface area (TPSA) is 70.4 Å². The van der Waals surface area contributed by atoms with Crippen LogP contribution in [0.15, 0.2) is 29.1 Å². The zero-order chi connectivity index (χ0) is 17.5. The van der Waals surface area contributed by atoms with Gasteiger partial charge in [-0.05, 0) is 33.8 Å². The molecule has 0 N–H and O–H groups in total. The van der Waals surface area contributed by atoms with E-state index in [1.54, 1.807) is 32.9 Å². The molecule has 3 rings (SSSR count). The molecule has 0 radical (unpaired) electrons. The molecular weight excluding hydrogens is 328 g/mol. The molecule has 2 aromatic heterocycles. The van der Waals surface area contributed by atoms with Crippen molar-refractivity contribution in [2.45, 2.75) is 33.3 Å². The van der Waals surface area contributed by atoms with Crippen LogP contribution in [-0.2, 0) is 4.74 Å². The van der Waals surface area contributed by atoms with Crippen molar-refractivity contribution in [2.24, 2.45) is 0 Å². The van der Waals surface area contributed by atoms with Crippen LogP contribution in [-0.4, -0.2) is 27.9 Å². The van der Waals surface area contributed by atoms with E-state index in [1.165, 1.54) is 4.57 Å². The summed E-state index contributed by atoms with van der Waals surface area (Å²) in [5.41, 5.74) is -0.438. The highest BCUT2D eigenvalue weighted by atomic mass is 32.1. The fourth-order valence-corrected chi connectivity index (χ4v) is 3.47. The lowest BCUT2D eigenvalue weighted by Crippen LogP contribution is -2.27. The molecule has 0 aliphatic carbocycles. The number of hydrogen-bond acceptors (Lipinski definition) is 6. The van der Waals surface area contributed by atoms with Crippen molar-refractivity contribution in [3.8, 4) is 5.19 Å². The summed E-state index contributed by atoms with van der Waals surface area (Å²) < 4.78 is 12.3. The van der Waals surface area contributed by atoms with E-state index in [0.717, 1.165) is 11.3 Å². The van der Waals surface area contributed by atoms with Crippen molar-refractivity contribution >= 4 is 38.5 Å². The average Bonchev–Trinajstić information content (AvgIpc) is 2.80. The Labute approximate surface area is 142 Å². The van der Waals surface area contributed by atoms with Crippen LogP contribution in [0.25, 0.3) is 21.1 Å². The van der Waals surface area contributed by atoms with Crippen LogP contribution in [0.3, 0.4) is 0 Å². The number of ether oxygens (including phenoxy) is 2. The maximum atomic E-state index is 12.7. The van der Waals surface area contributed by atoms with Crippen molar-refractivity contribution in [1.82, 2.24) is 9.55 Å². The second-order valence-corrected chi connectivity index (χ2v) is 7.17. The third-order valence-electron chi connectivity index (χ3n) is 3.27. The van der Waals surface area contributed by atoms with E-state index in [2.05, 4.69) is 4.98 Å². The number of para-hydroxylation sites is 1. The van der Waals surface area contributed by atoms with E-state index in [0.29, 0.717) is 27.7 Å². The van der Waals surface area contributed by atoms with Gasteiger partial charge in [0, 0.05) is 5.39 Å². The molecule has 3 aromatic rings. The minimum absolute atomic E-state index is 0.239. The minimum atomic E-state index is -0.643. The van der Waals surface area contributed by atoms with Gasteiger partial charge in [0.1, 0.15) is 10.4 Å². The molecule has 0 aliphatic heterocycles. The molecule has 0 saturated heterocycles. The van der Waals surface area contributed by atoms with Crippen LogP contribution < -0.4 is 10.3 Å². The Morgan fingerprint density at radius 3 is 2.67 bits per heavy atom. The Morgan fingerprint density at radius 1 is 1.29 bits per heavy atom. The van der Waals surface area contributed by atoms with Crippen molar-refractivity contribution in [1.29, 1.82) is 0 Å². The van der Waals surface area contributed by atoms with Crippen molar-refractivity contribution in [3.05, 3.63) is 34.6 Å². The summed E-state index contributed by atoms with van der Waals surface area (Å²) in [5, 5.41) is 1.32. The largest absolute Gasteiger partial charge is 0.470 e. The number of hydrogen-bond donors (Lipinski definition) is 0. The summed E-state index contributed by atoms with van der Waals surface area (Å²) in [4.78, 5) is 29.6. The van der Waals surface area contributed by atoms with Gasteiger partial charge in [0.2, 0.25) is 0 Å². The first kappa shape index (κ1) is 16.4. The van der Waals surface area contributed by atoms with Crippen molar-refractivity contribution < 1.29 is 14.3 Å². The van der Waals surface area contributed by atoms with Gasteiger partial charge >= 0.3 is 6.09 Å². The molecule has 0 amide bonds. The molecule has 0 bridgehead atoms. The lowest BCUT2D eigenvalue weighted by Gasteiger charge is -2.20. The summed E-state index contributed by atoms with van der Waals surface area (Å²) in [6, 6.07) is 7.22. The van der Waals surface area contributed by atoms with Crippen LogP contribution in [0, 0.1) is 0 Å². The van der Waals surface area contributed by atoms with Gasteiger partial charge < -0.3 is 9.47 Å². The molecule has 0 aliphatic rings. The Hall–Kier alpha value is -2.41. The standard InChI is InChI=1S/C17H18N2O4S/c1-5-22-15-18-13(20)12-10-8-6-7-9-11(10)19(14(12)24-15)16(21)23-17(2,3)4/h6-9H,5H2,1-4H3. The lowest BCUT2D eigenvalue weighted by atomic mass is 10.2. The Bertz CT molecular complexity index is 982. The van der Waals surface area contributed by atoms with Crippen LogP contribution in [0.5, 0.6) is 5.19 Å². The predicted octanol–water partition coefficient (Wildman–Crippen LogP) is 3.79. The molecule has 1 aromatic carbocycles. The lowest BCUT2D eigenvalue weighted by molar-refractivity contribution is 0.0552. The SMILES string of the molecule is CCOc1nc(=O)c2c3ccccc3n(C(=O)OC(C)(C)C)c2s1. The van der Waals surface area contributed by atoms with Crippen LogP contribution in [0.1, 0.15) is 27.7 Å². The molecule has 0 unspecified atom stereocenters. The first-order chi connectivity index (χ1) is 11.3. The van der Waals surface area contributed by atoms with E-state index in [-0.39, 0.29) is 5.19 Å². The van der Waals surface area contributed by atoms with Crippen LogP contribution in [0.2, 0.25) is 0 Å². The first-order valence-electron chi connectivity index (χ1n) is 7.62. The van der Waals surface area contributed by atoms with Crippen molar-refractivity contribution in [3.63, 3.8) is 0 Å². The molecule has 0 spiro atoms. The quantitative estimate of drug-likeness (QED) is 0.706. The van der Waals surface area contributed by atoms with Gasteiger partial charge in [0.15, 0.2) is 0 Å². The molecule has 7 heteroatoms. The molecule has 126 valence electrons. The van der Waals surface area contributed by atoms with E-state index in [4.69, 9.17) is 9.47 Å². The number of carbonyl (C=O) groups excluding carboxylic acids is 1. The van der Waals surface area contributed by atoms with E-state index >= 15 is 0 Å². The zero-order valence-electron chi connectivity index (χ0n) is 14.0. The minimum Gasteiger partial charge on any atom is -0.470 e. The van der Waals surface area contributed by atoms with Crippen LogP contribution >= 0.6 is 11.3 Å². The zero-order valence-corrected chi connectivity index (χ0v) is 14.8. The maximum absolute atomic E-state index is 12.7. The molecule has 0 atom stereocenters. The third-order valence-corrected chi connectivity index (χ3v) is 4.23. The van der Waals surface area contributed by atoms with Gasteiger partial charge in [-0.15, -0.1) is 0 Å². The average molecular weight is 346 g/mol. The van der Waals surface area contributed by atoms with E-state index in [1.807, 2.05) is 19.1 Å². The normalized spacial score (nSPS) is 11.8. The molecule has 6 nitrogen and oxygen atoms in total. The number of benzene rings is 1. The Kier molecular flexibility index (Phi) is 4.04. The highest BCUT2D eigenvalue weighted by molar-refractivity contribution is 7.19. The highest BCUT2D eigenvalue weighted by Gasteiger charge is 2.24. The van der Waals surface area contributed by atoms with Crippen molar-refractivity contribution in [2.75, 3.05) is 6.61 Å². The highest BCUT2D eigenvalue weighted by Crippen LogP contribution is 2.32. The summed E-state index contributed by atoms with van der Waals surface area (Å²) >= 11 is 1.16. The first-order valence-corrected chi connectivity index (χ1v) is 8.44. The summed E-state index contributed by atoms with van der Waals surface area (Å²) in [5.74, 6) is 0. The molecule has 2 heterocycles. The monoisotopic (exact) mass is 346 g/mol. The maximum Gasteiger partial charge on any atom is 0.420 e. The van der Waals surface area contributed by atoms with Gasteiger partial charge in [0.05, 0.1) is 17.5 Å². The third kappa shape index (κ3) is 2.87. The molecule has 0 fully saturated rings. The number of nitrogens with zero attached hydrogens (tertiary/aromatic N) is 2. The Balaban J connectivity index is 2.35. The fourth-order valence-electron chi connectivity index (χ4n) is 2.44. The second-order valence-electron chi connectivity index (χ2n) is 6.23. The number of aromatic nitrogens is 2. The van der Waals surface area contributed by atoms with Gasteiger partial charge in [0.25, 0.3) is 10.8 Å². The number of rotatable bonds is 2. The summed E-state index contributed by atoms with van der Waals surface area (Å²) in [6.07, 6.45) is -0.530.